The van der Waals surface area contributed by atoms with Crippen LogP contribution < -0.4 is 0 Å². The minimum Gasteiger partial charge on any atom is -0.236 e. The molecule has 1 aliphatic rings. The van der Waals surface area contributed by atoms with E-state index < -0.39 is 0 Å². The quantitative estimate of drug-likeness (QED) is 0.232. The van der Waals surface area contributed by atoms with Crippen LogP contribution in [0.4, 0.5) is 0 Å². The number of benzene rings is 1. The summed E-state index contributed by atoms with van der Waals surface area (Å²) in [7, 11) is 0. The molecule has 2 atom stereocenters. The molecule has 2 unspecified atom stereocenters. The number of aromatic nitrogens is 2. The molecule has 1 aromatic carbocycles. The summed E-state index contributed by atoms with van der Waals surface area (Å²) in [6.45, 7) is 6.93. The maximum absolute atomic E-state index is 5.00. The van der Waals surface area contributed by atoms with Crippen LogP contribution in [0.1, 0.15) is 140 Å². The SMILES string of the molecule is CCCCCCCCCCC1CCc2nc(-c3ccc(C(C)CCCCCC)cc3)ncc2C1. The lowest BCUT2D eigenvalue weighted by molar-refractivity contribution is 0.399. The number of fused-ring (bicyclic) bond motifs is 1. The standard InChI is InChI=1S/C32H50N2/c1-4-6-8-10-11-12-13-15-17-27-18-23-31-30(24-27)25-33-32(34-31)29-21-19-28(20-22-29)26(3)16-14-9-7-5-2/h19-22,25-27H,4-18,23-24H2,1-3H3. The first-order chi connectivity index (χ1) is 16.7. The average molecular weight is 463 g/mol. The Morgan fingerprint density at radius 2 is 1.47 bits per heavy atom. The van der Waals surface area contributed by atoms with Gasteiger partial charge in [0, 0.05) is 17.5 Å². The Balaban J connectivity index is 1.43. The van der Waals surface area contributed by atoms with Gasteiger partial charge in [0.1, 0.15) is 0 Å². The molecule has 0 aliphatic heterocycles. The minimum atomic E-state index is 0.633. The zero-order valence-corrected chi connectivity index (χ0v) is 22.5. The fourth-order valence-electron chi connectivity index (χ4n) is 5.54. The maximum atomic E-state index is 5.00. The number of hydrogen-bond donors (Lipinski definition) is 0. The predicted molar refractivity (Wildman–Crippen MR) is 147 cm³/mol. The van der Waals surface area contributed by atoms with Crippen LogP contribution in [0.25, 0.3) is 11.4 Å². The van der Waals surface area contributed by atoms with Crippen LogP contribution in [0.5, 0.6) is 0 Å². The lowest BCUT2D eigenvalue weighted by Crippen LogP contribution is -2.16. The third kappa shape index (κ3) is 8.82. The van der Waals surface area contributed by atoms with Gasteiger partial charge in [0.05, 0.1) is 0 Å². The Morgan fingerprint density at radius 3 is 2.18 bits per heavy atom. The van der Waals surface area contributed by atoms with E-state index in [4.69, 9.17) is 9.97 Å². The van der Waals surface area contributed by atoms with Crippen LogP contribution in [-0.4, -0.2) is 9.97 Å². The molecule has 188 valence electrons. The highest BCUT2D eigenvalue weighted by atomic mass is 14.9. The van der Waals surface area contributed by atoms with Crippen LogP contribution in [0, 0.1) is 5.92 Å². The van der Waals surface area contributed by atoms with Crippen molar-refractivity contribution in [2.45, 2.75) is 136 Å². The van der Waals surface area contributed by atoms with Crippen LogP contribution in [0.15, 0.2) is 30.5 Å². The topological polar surface area (TPSA) is 25.8 Å². The summed E-state index contributed by atoms with van der Waals surface area (Å²) >= 11 is 0. The van der Waals surface area contributed by atoms with Crippen molar-refractivity contribution in [2.75, 3.05) is 0 Å². The first-order valence-corrected chi connectivity index (χ1v) is 14.7. The van der Waals surface area contributed by atoms with Crippen molar-refractivity contribution in [3.05, 3.63) is 47.3 Å². The first-order valence-electron chi connectivity index (χ1n) is 14.7. The summed E-state index contributed by atoms with van der Waals surface area (Å²) in [6.07, 6.45) is 25.1. The van der Waals surface area contributed by atoms with Gasteiger partial charge in [-0.1, -0.05) is 129 Å². The average Bonchev–Trinajstić information content (AvgIpc) is 2.88. The highest BCUT2D eigenvalue weighted by Gasteiger charge is 2.20. The molecule has 0 bridgehead atoms. The largest absolute Gasteiger partial charge is 0.236 e. The molecule has 0 amide bonds. The lowest BCUT2D eigenvalue weighted by Gasteiger charge is -2.24. The van der Waals surface area contributed by atoms with Gasteiger partial charge in [-0.25, -0.2) is 9.97 Å². The number of rotatable bonds is 16. The number of unbranched alkanes of at least 4 members (excludes halogenated alkanes) is 10. The Morgan fingerprint density at radius 1 is 0.824 bits per heavy atom. The van der Waals surface area contributed by atoms with Crippen molar-refractivity contribution in [2.24, 2.45) is 5.92 Å². The van der Waals surface area contributed by atoms with E-state index >= 15 is 0 Å². The van der Waals surface area contributed by atoms with E-state index in [1.54, 1.807) is 0 Å². The van der Waals surface area contributed by atoms with Crippen molar-refractivity contribution in [3.63, 3.8) is 0 Å². The Bertz CT molecular complexity index is 810. The molecule has 1 aromatic heterocycles. The highest BCUT2D eigenvalue weighted by molar-refractivity contribution is 5.56. The number of nitrogens with zero attached hydrogens (tertiary/aromatic N) is 2. The molecule has 0 fully saturated rings. The summed E-state index contributed by atoms with van der Waals surface area (Å²) in [6, 6.07) is 9.05. The van der Waals surface area contributed by atoms with Gasteiger partial charge < -0.3 is 0 Å². The van der Waals surface area contributed by atoms with Gasteiger partial charge in [-0.2, -0.15) is 0 Å². The zero-order valence-electron chi connectivity index (χ0n) is 22.5. The lowest BCUT2D eigenvalue weighted by atomic mass is 9.84. The Kier molecular flexibility index (Phi) is 12.1. The Hall–Kier alpha value is -1.70. The van der Waals surface area contributed by atoms with Crippen molar-refractivity contribution < 1.29 is 0 Å². The molecule has 1 heterocycles. The fraction of sp³-hybridized carbons (Fsp3) is 0.688. The van der Waals surface area contributed by atoms with E-state index in [0.717, 1.165) is 23.7 Å². The van der Waals surface area contributed by atoms with Crippen molar-refractivity contribution in [3.8, 4) is 11.4 Å². The van der Waals surface area contributed by atoms with Gasteiger partial charge in [0.2, 0.25) is 0 Å². The fourth-order valence-corrected chi connectivity index (χ4v) is 5.54. The maximum Gasteiger partial charge on any atom is 0.159 e. The molecule has 0 saturated heterocycles. The summed E-state index contributed by atoms with van der Waals surface area (Å²) in [4.78, 5) is 9.77. The first kappa shape index (κ1) is 26.9. The second kappa shape index (κ2) is 15.3. The predicted octanol–water partition coefficient (Wildman–Crippen LogP) is 9.85. The molecule has 2 aromatic rings. The molecule has 3 rings (SSSR count). The third-order valence-electron chi connectivity index (χ3n) is 7.95. The van der Waals surface area contributed by atoms with Crippen molar-refractivity contribution >= 4 is 0 Å². The molecular weight excluding hydrogens is 412 g/mol. The van der Waals surface area contributed by atoms with Crippen LogP contribution in [0.3, 0.4) is 0 Å². The van der Waals surface area contributed by atoms with Crippen LogP contribution >= 0.6 is 0 Å². The van der Waals surface area contributed by atoms with Gasteiger partial charge in [-0.3, -0.25) is 0 Å². The van der Waals surface area contributed by atoms with Gasteiger partial charge in [0.15, 0.2) is 5.82 Å². The highest BCUT2D eigenvalue weighted by Crippen LogP contribution is 2.30. The number of aryl methyl sites for hydroxylation is 1. The molecule has 0 spiro atoms. The minimum absolute atomic E-state index is 0.633. The Labute approximate surface area is 210 Å². The van der Waals surface area contributed by atoms with E-state index in [1.165, 1.54) is 120 Å². The van der Waals surface area contributed by atoms with E-state index in [9.17, 15) is 0 Å². The van der Waals surface area contributed by atoms with Gasteiger partial charge in [-0.15, -0.1) is 0 Å². The summed E-state index contributed by atoms with van der Waals surface area (Å²) in [5.41, 5.74) is 5.30. The summed E-state index contributed by atoms with van der Waals surface area (Å²) in [5.74, 6) is 2.37. The van der Waals surface area contributed by atoms with Crippen molar-refractivity contribution in [1.29, 1.82) is 0 Å². The molecule has 2 heteroatoms. The molecule has 0 saturated carbocycles. The van der Waals surface area contributed by atoms with Gasteiger partial charge in [-0.05, 0) is 48.6 Å². The smallest absolute Gasteiger partial charge is 0.159 e. The monoisotopic (exact) mass is 462 g/mol. The molecule has 0 radical (unpaired) electrons. The van der Waals surface area contributed by atoms with Crippen molar-refractivity contribution in [1.82, 2.24) is 9.97 Å². The molecule has 0 N–H and O–H groups in total. The van der Waals surface area contributed by atoms with Crippen LogP contribution in [0.2, 0.25) is 0 Å². The normalized spacial score (nSPS) is 16.4. The second-order valence-corrected chi connectivity index (χ2v) is 10.9. The van der Waals surface area contributed by atoms with Gasteiger partial charge in [0.25, 0.3) is 0 Å². The van der Waals surface area contributed by atoms with E-state index in [-0.39, 0.29) is 0 Å². The van der Waals surface area contributed by atoms with Crippen LogP contribution in [-0.2, 0) is 12.8 Å². The third-order valence-corrected chi connectivity index (χ3v) is 7.95. The molecule has 34 heavy (non-hydrogen) atoms. The van der Waals surface area contributed by atoms with E-state index in [1.807, 2.05) is 0 Å². The molecule has 1 aliphatic carbocycles. The summed E-state index contributed by atoms with van der Waals surface area (Å²) < 4.78 is 0. The van der Waals surface area contributed by atoms with E-state index in [2.05, 4.69) is 51.2 Å². The molecular formula is C32H50N2. The van der Waals surface area contributed by atoms with Gasteiger partial charge >= 0.3 is 0 Å². The zero-order chi connectivity index (χ0) is 24.0. The summed E-state index contributed by atoms with van der Waals surface area (Å²) in [5, 5.41) is 0. The number of hydrogen-bond acceptors (Lipinski definition) is 2. The second-order valence-electron chi connectivity index (χ2n) is 10.9. The molecule has 2 nitrogen and oxygen atoms in total. The van der Waals surface area contributed by atoms with E-state index in [0.29, 0.717) is 5.92 Å².